The molecule has 2 aromatic rings. The number of aliphatic hydroxyl groups is 1. The average molecular weight is 360 g/mol. The van der Waals surface area contributed by atoms with E-state index in [0.29, 0.717) is 29.9 Å². The summed E-state index contributed by atoms with van der Waals surface area (Å²) in [6, 6.07) is 4.80. The van der Waals surface area contributed by atoms with Gasteiger partial charge in [0.2, 0.25) is 0 Å². The molecule has 1 N–H and O–H groups in total. The van der Waals surface area contributed by atoms with Crippen molar-refractivity contribution in [3.63, 3.8) is 0 Å². The molecule has 1 aromatic heterocycles. The van der Waals surface area contributed by atoms with Crippen molar-refractivity contribution < 1.29 is 14.3 Å². The Morgan fingerprint density at radius 1 is 1.36 bits per heavy atom. The molecule has 4 nitrogen and oxygen atoms in total. The minimum atomic E-state index is -0.944. The number of aromatic nitrogens is 2. The van der Waals surface area contributed by atoms with Crippen LogP contribution in [0.2, 0.25) is 0 Å². The highest BCUT2D eigenvalue weighted by Crippen LogP contribution is 2.43. The zero-order valence-corrected chi connectivity index (χ0v) is 15.1. The molecule has 132 valence electrons. The molecule has 2 aliphatic rings. The van der Waals surface area contributed by atoms with E-state index < -0.39 is 12.0 Å². The first-order valence-corrected chi connectivity index (χ1v) is 8.29. The van der Waals surface area contributed by atoms with Crippen molar-refractivity contribution >= 4 is 19.3 Å². The maximum absolute atomic E-state index is 14.1. The van der Waals surface area contributed by atoms with Crippen LogP contribution in [0.3, 0.4) is 0 Å². The summed E-state index contributed by atoms with van der Waals surface area (Å²) in [7, 11) is 0. The first kappa shape index (κ1) is 18.0. The molecule has 25 heavy (non-hydrogen) atoms. The Hall–Kier alpha value is -1.79. The molecule has 0 aliphatic heterocycles. The van der Waals surface area contributed by atoms with Gasteiger partial charge >= 0.3 is 0 Å². The van der Waals surface area contributed by atoms with Gasteiger partial charge in [-0.05, 0) is 48.9 Å². The number of fused-ring (bicyclic) bond motifs is 1. The van der Waals surface area contributed by atoms with Crippen LogP contribution >= 0.6 is 13.5 Å². The van der Waals surface area contributed by atoms with E-state index in [9.17, 15) is 14.3 Å². The van der Waals surface area contributed by atoms with Gasteiger partial charge in [-0.3, -0.25) is 4.79 Å². The summed E-state index contributed by atoms with van der Waals surface area (Å²) < 4.78 is 14.1. The zero-order chi connectivity index (χ0) is 16.9. The Labute approximate surface area is 153 Å². The van der Waals surface area contributed by atoms with Crippen molar-refractivity contribution in [2.24, 2.45) is 0 Å². The van der Waals surface area contributed by atoms with E-state index in [1.807, 2.05) is 0 Å². The smallest absolute Gasteiger partial charge is 0.169 e. The number of hydrogen-bond donors (Lipinski definition) is 1. The van der Waals surface area contributed by atoms with Crippen LogP contribution in [0.1, 0.15) is 47.0 Å². The molecule has 1 saturated carbocycles. The lowest BCUT2D eigenvalue weighted by Crippen LogP contribution is -2.39. The van der Waals surface area contributed by atoms with Crippen molar-refractivity contribution in [1.29, 1.82) is 0 Å². The van der Waals surface area contributed by atoms with Crippen LogP contribution in [-0.4, -0.2) is 27.5 Å². The zero-order valence-electron chi connectivity index (χ0n) is 14.1. The molecule has 0 saturated heterocycles. The van der Waals surface area contributed by atoms with Crippen molar-refractivity contribution in [3.8, 4) is 0 Å². The van der Waals surface area contributed by atoms with Crippen molar-refractivity contribution in [3.05, 3.63) is 58.4 Å². The molecule has 1 fully saturated rings. The number of hydrogen-bond acceptors (Lipinski definition) is 4. The molecule has 0 spiro atoms. The third-order valence-electron chi connectivity index (χ3n) is 5.34. The van der Waals surface area contributed by atoms with E-state index in [1.54, 1.807) is 25.3 Å². The van der Waals surface area contributed by atoms with Crippen LogP contribution in [0.4, 0.5) is 4.39 Å². The van der Waals surface area contributed by atoms with E-state index in [0.717, 1.165) is 29.9 Å². The summed E-state index contributed by atoms with van der Waals surface area (Å²) in [6.45, 7) is 1.12. The number of halogens is 1. The molecule has 0 radical (unpaired) electrons. The van der Waals surface area contributed by atoms with Crippen LogP contribution < -0.4 is 0 Å². The molecule has 2 aliphatic carbocycles. The standard InChI is InChI=1S/C19H19FN2O2.H2S/c1-11-14(3-2-4-15(11)20)19(17(24)10-23)7-13-9-21-18(12-5-6-12)22-16(13)8-19;/h2-4,9,12,23H,5-8,10H2,1H3;1H2/t19-;/m0./s1. The van der Waals surface area contributed by atoms with Gasteiger partial charge in [-0.1, -0.05) is 12.1 Å². The quantitative estimate of drug-likeness (QED) is 0.910. The fraction of sp³-hybridized carbons (Fsp3) is 0.421. The number of benzene rings is 1. The number of carbonyl (C=O) groups is 1. The Kier molecular flexibility index (Phi) is 4.68. The molecule has 0 bridgehead atoms. The molecule has 0 unspecified atom stereocenters. The Balaban J connectivity index is 0.00000182. The first-order valence-electron chi connectivity index (χ1n) is 8.29. The topological polar surface area (TPSA) is 63.1 Å². The summed E-state index contributed by atoms with van der Waals surface area (Å²) in [6.07, 6.45) is 4.84. The number of Topliss-reactive ketones (excluding diaryl/α,β-unsaturated/α-hetero) is 1. The minimum Gasteiger partial charge on any atom is -0.389 e. The second kappa shape index (κ2) is 6.50. The predicted molar refractivity (Wildman–Crippen MR) is 96.7 cm³/mol. The second-order valence-electron chi connectivity index (χ2n) is 6.90. The fourth-order valence-corrected chi connectivity index (χ4v) is 3.78. The van der Waals surface area contributed by atoms with Gasteiger partial charge in [0.25, 0.3) is 0 Å². The predicted octanol–water partition coefficient (Wildman–Crippen LogP) is 2.51. The lowest BCUT2D eigenvalue weighted by molar-refractivity contribution is -0.127. The first-order chi connectivity index (χ1) is 11.5. The molecule has 0 amide bonds. The number of nitrogens with zero attached hydrogens (tertiary/aromatic N) is 2. The normalized spacial score (nSPS) is 21.6. The van der Waals surface area contributed by atoms with Crippen LogP contribution in [-0.2, 0) is 23.1 Å². The molecule has 1 heterocycles. The van der Waals surface area contributed by atoms with Crippen molar-refractivity contribution in [2.75, 3.05) is 6.61 Å². The summed E-state index contributed by atoms with van der Waals surface area (Å²) in [5.74, 6) is 0.659. The summed E-state index contributed by atoms with van der Waals surface area (Å²) >= 11 is 0. The maximum atomic E-state index is 14.1. The van der Waals surface area contributed by atoms with Crippen LogP contribution in [0, 0.1) is 12.7 Å². The third kappa shape index (κ3) is 2.87. The van der Waals surface area contributed by atoms with Gasteiger partial charge in [0, 0.05) is 24.2 Å². The van der Waals surface area contributed by atoms with E-state index in [1.165, 1.54) is 6.07 Å². The lowest BCUT2D eigenvalue weighted by Gasteiger charge is -2.29. The highest BCUT2D eigenvalue weighted by atomic mass is 32.1. The average Bonchev–Trinajstić information content (AvgIpc) is 3.36. The molecule has 6 heteroatoms. The van der Waals surface area contributed by atoms with Gasteiger partial charge in [-0.2, -0.15) is 13.5 Å². The molecule has 1 aromatic carbocycles. The maximum Gasteiger partial charge on any atom is 0.169 e. The summed E-state index contributed by atoms with van der Waals surface area (Å²) in [4.78, 5) is 21.8. The highest BCUT2D eigenvalue weighted by Gasteiger charge is 2.47. The van der Waals surface area contributed by atoms with Gasteiger partial charge in [-0.15, -0.1) is 0 Å². The van der Waals surface area contributed by atoms with Gasteiger partial charge in [0.15, 0.2) is 5.78 Å². The van der Waals surface area contributed by atoms with E-state index in [4.69, 9.17) is 0 Å². The Morgan fingerprint density at radius 3 is 2.80 bits per heavy atom. The van der Waals surface area contributed by atoms with Gasteiger partial charge in [0.05, 0.1) is 5.41 Å². The SMILES string of the molecule is Cc1c(F)cccc1[C@]1(C(=O)CO)Cc2cnc(C3CC3)nc2C1.S. The largest absolute Gasteiger partial charge is 0.389 e. The van der Waals surface area contributed by atoms with Gasteiger partial charge in [-0.25, -0.2) is 14.4 Å². The summed E-state index contributed by atoms with van der Waals surface area (Å²) in [5.41, 5.74) is 1.94. The van der Waals surface area contributed by atoms with Gasteiger partial charge < -0.3 is 5.11 Å². The van der Waals surface area contributed by atoms with Crippen LogP contribution in [0.25, 0.3) is 0 Å². The molecular weight excluding hydrogens is 339 g/mol. The second-order valence-corrected chi connectivity index (χ2v) is 6.90. The molecular formula is C19H21FN2O2S. The van der Waals surface area contributed by atoms with Crippen molar-refractivity contribution in [1.82, 2.24) is 9.97 Å². The van der Waals surface area contributed by atoms with E-state index in [2.05, 4.69) is 9.97 Å². The fourth-order valence-electron chi connectivity index (χ4n) is 3.78. The molecule has 4 rings (SSSR count). The van der Waals surface area contributed by atoms with Gasteiger partial charge in [0.1, 0.15) is 18.2 Å². The monoisotopic (exact) mass is 360 g/mol. The highest BCUT2D eigenvalue weighted by molar-refractivity contribution is 7.59. The van der Waals surface area contributed by atoms with Crippen LogP contribution in [0.5, 0.6) is 0 Å². The third-order valence-corrected chi connectivity index (χ3v) is 5.34. The Morgan fingerprint density at radius 2 is 2.12 bits per heavy atom. The molecule has 1 atom stereocenters. The Bertz CT molecular complexity index is 838. The lowest BCUT2D eigenvalue weighted by atomic mass is 9.73. The summed E-state index contributed by atoms with van der Waals surface area (Å²) in [5, 5.41) is 9.53. The van der Waals surface area contributed by atoms with E-state index in [-0.39, 0.29) is 25.1 Å². The number of rotatable bonds is 4. The van der Waals surface area contributed by atoms with E-state index >= 15 is 0 Å². The number of ketones is 1. The number of aliphatic hydroxyl groups excluding tert-OH is 1. The number of carbonyl (C=O) groups excluding carboxylic acids is 1. The van der Waals surface area contributed by atoms with Crippen molar-refractivity contribution in [2.45, 2.75) is 43.9 Å². The van der Waals surface area contributed by atoms with Crippen LogP contribution in [0.15, 0.2) is 24.4 Å². The minimum absolute atomic E-state index is 0.